The third-order valence-electron chi connectivity index (χ3n) is 2.87. The Balaban J connectivity index is 2.18. The van der Waals surface area contributed by atoms with Crippen LogP contribution in [0.15, 0.2) is 29.8 Å². The second-order valence-corrected chi connectivity index (χ2v) is 7.25. The minimum atomic E-state index is 0.508. The predicted molar refractivity (Wildman–Crippen MR) is 84.8 cm³/mol. The van der Waals surface area contributed by atoms with Gasteiger partial charge in [0.2, 0.25) is 0 Å². The minimum absolute atomic E-state index is 0.508. The second-order valence-electron chi connectivity index (χ2n) is 4.15. The van der Waals surface area contributed by atoms with Crippen LogP contribution in [0.1, 0.15) is 18.9 Å². The van der Waals surface area contributed by atoms with Gasteiger partial charge >= 0.3 is 0 Å². The van der Waals surface area contributed by atoms with Crippen molar-refractivity contribution in [3.63, 3.8) is 0 Å². The van der Waals surface area contributed by atoms with E-state index in [1.807, 2.05) is 47.8 Å². The van der Waals surface area contributed by atoms with Gasteiger partial charge in [-0.2, -0.15) is 0 Å². The molecule has 1 aliphatic rings. The van der Waals surface area contributed by atoms with Crippen LogP contribution >= 0.6 is 35.1 Å². The van der Waals surface area contributed by atoms with Crippen LogP contribution < -0.4 is 4.74 Å². The Morgan fingerprint density at radius 2 is 1.83 bits per heavy atom. The maximum Gasteiger partial charge on any atom is 0.118 e. The van der Waals surface area contributed by atoms with Gasteiger partial charge in [-0.05, 0) is 60.3 Å². The van der Waals surface area contributed by atoms with Crippen LogP contribution in [-0.2, 0) is 0 Å². The fourth-order valence-electron chi connectivity index (χ4n) is 1.81. The van der Waals surface area contributed by atoms with E-state index in [1.165, 1.54) is 23.5 Å². The highest BCUT2D eigenvalue weighted by Gasteiger charge is 2.19. The largest absolute Gasteiger partial charge is 0.497 e. The zero-order chi connectivity index (χ0) is 13.0. The molecule has 1 nitrogen and oxygen atoms in total. The summed E-state index contributed by atoms with van der Waals surface area (Å²) in [4.78, 5) is 0. The highest BCUT2D eigenvalue weighted by molar-refractivity contribution is 8.17. The molecule has 1 heterocycles. The van der Waals surface area contributed by atoms with E-state index in [2.05, 4.69) is 6.92 Å². The van der Waals surface area contributed by atoms with Crippen molar-refractivity contribution in [3.05, 3.63) is 35.4 Å². The highest BCUT2D eigenvalue weighted by atomic mass is 35.5. The fourth-order valence-corrected chi connectivity index (χ4v) is 5.10. The number of ether oxygens (including phenoxy) is 1. The van der Waals surface area contributed by atoms with Gasteiger partial charge in [-0.15, -0.1) is 23.5 Å². The van der Waals surface area contributed by atoms with E-state index >= 15 is 0 Å². The van der Waals surface area contributed by atoms with E-state index in [0.29, 0.717) is 4.58 Å². The van der Waals surface area contributed by atoms with Crippen molar-refractivity contribution in [2.24, 2.45) is 0 Å². The van der Waals surface area contributed by atoms with Crippen molar-refractivity contribution >= 4 is 40.2 Å². The summed E-state index contributed by atoms with van der Waals surface area (Å²) in [5.74, 6) is 3.34. The lowest BCUT2D eigenvalue weighted by Gasteiger charge is -2.22. The third-order valence-corrected chi connectivity index (χ3v) is 6.56. The summed E-state index contributed by atoms with van der Waals surface area (Å²) in [5, 5.41) is 0.879. The molecule has 1 fully saturated rings. The lowest BCUT2D eigenvalue weighted by molar-refractivity contribution is 0.415. The maximum atomic E-state index is 6.50. The van der Waals surface area contributed by atoms with E-state index in [4.69, 9.17) is 16.3 Å². The lowest BCUT2D eigenvalue weighted by Crippen LogP contribution is -2.08. The van der Waals surface area contributed by atoms with Crippen molar-refractivity contribution in [1.29, 1.82) is 0 Å². The monoisotopic (exact) mass is 300 g/mol. The van der Waals surface area contributed by atoms with Crippen molar-refractivity contribution in [1.82, 2.24) is 0 Å². The van der Waals surface area contributed by atoms with Crippen LogP contribution in [-0.4, -0.2) is 23.2 Å². The normalized spacial score (nSPS) is 18.4. The third kappa shape index (κ3) is 3.40. The van der Waals surface area contributed by atoms with Gasteiger partial charge in [0.15, 0.2) is 0 Å². The van der Waals surface area contributed by atoms with Crippen LogP contribution in [0.25, 0.3) is 5.03 Å². The molecule has 18 heavy (non-hydrogen) atoms. The molecule has 0 aromatic heterocycles. The Labute approximate surface area is 122 Å². The minimum Gasteiger partial charge on any atom is -0.497 e. The first kappa shape index (κ1) is 14.2. The van der Waals surface area contributed by atoms with Gasteiger partial charge in [0.25, 0.3) is 0 Å². The molecule has 0 saturated carbocycles. The first-order valence-corrected chi connectivity index (χ1v) is 8.44. The molecule has 4 heteroatoms. The van der Waals surface area contributed by atoms with Gasteiger partial charge in [0.05, 0.1) is 11.7 Å². The Kier molecular flexibility index (Phi) is 5.34. The van der Waals surface area contributed by atoms with Crippen LogP contribution in [0.2, 0.25) is 0 Å². The zero-order valence-electron chi connectivity index (χ0n) is 10.6. The van der Waals surface area contributed by atoms with Crippen LogP contribution in [0.3, 0.4) is 0 Å². The quantitative estimate of drug-likeness (QED) is 0.789. The molecule has 0 spiro atoms. The van der Waals surface area contributed by atoms with Crippen molar-refractivity contribution in [2.75, 3.05) is 18.6 Å². The van der Waals surface area contributed by atoms with Crippen molar-refractivity contribution < 1.29 is 4.74 Å². The van der Waals surface area contributed by atoms with E-state index in [1.54, 1.807) is 7.11 Å². The summed E-state index contributed by atoms with van der Waals surface area (Å²) in [6.07, 6.45) is 1.30. The Morgan fingerprint density at radius 1 is 1.22 bits per heavy atom. The molecule has 1 aromatic rings. The number of thioether (sulfide) groups is 2. The summed E-state index contributed by atoms with van der Waals surface area (Å²) < 4.78 is 5.67. The molecular formula is C14H17ClOS2. The number of hydrogen-bond acceptors (Lipinski definition) is 3. The average molecular weight is 301 g/mol. The molecule has 0 atom stereocenters. The van der Waals surface area contributed by atoms with Crippen LogP contribution in [0.4, 0.5) is 0 Å². The number of rotatable bonds is 3. The molecule has 1 saturated heterocycles. The first-order chi connectivity index (χ1) is 8.72. The molecule has 0 N–H and O–H groups in total. The summed E-state index contributed by atoms with van der Waals surface area (Å²) in [5.41, 5.74) is 2.35. The summed E-state index contributed by atoms with van der Waals surface area (Å²) in [6.45, 7) is 2.14. The van der Waals surface area contributed by atoms with E-state index in [-0.39, 0.29) is 0 Å². The summed E-state index contributed by atoms with van der Waals surface area (Å²) in [6, 6.07) is 7.93. The Bertz CT molecular complexity index is 422. The van der Waals surface area contributed by atoms with Gasteiger partial charge in [-0.1, -0.05) is 11.6 Å². The molecule has 0 aliphatic carbocycles. The molecule has 0 radical (unpaired) electrons. The van der Waals surface area contributed by atoms with Gasteiger partial charge in [0.1, 0.15) is 5.75 Å². The fraction of sp³-hybridized carbons (Fsp3) is 0.429. The Morgan fingerprint density at radius 3 is 2.39 bits per heavy atom. The van der Waals surface area contributed by atoms with E-state index < -0.39 is 0 Å². The number of halogens is 1. The topological polar surface area (TPSA) is 9.23 Å². The molecule has 0 amide bonds. The predicted octanol–water partition coefficient (Wildman–Crippen LogP) is 4.86. The van der Waals surface area contributed by atoms with E-state index in [0.717, 1.165) is 16.3 Å². The smallest absolute Gasteiger partial charge is 0.118 e. The van der Waals surface area contributed by atoms with Crippen molar-refractivity contribution in [2.45, 2.75) is 17.9 Å². The molecule has 0 unspecified atom stereocenters. The van der Waals surface area contributed by atoms with Gasteiger partial charge in [-0.25, -0.2) is 0 Å². The average Bonchev–Trinajstić information content (AvgIpc) is 2.47. The van der Waals surface area contributed by atoms with Crippen LogP contribution in [0, 0.1) is 0 Å². The maximum absolute atomic E-state index is 6.50. The summed E-state index contributed by atoms with van der Waals surface area (Å²) >= 11 is 10.5. The van der Waals surface area contributed by atoms with Gasteiger partial charge < -0.3 is 4.74 Å². The molecule has 2 rings (SSSR count). The van der Waals surface area contributed by atoms with Crippen LogP contribution in [0.5, 0.6) is 5.75 Å². The zero-order valence-corrected chi connectivity index (χ0v) is 13.0. The number of benzene rings is 1. The van der Waals surface area contributed by atoms with Crippen molar-refractivity contribution in [3.8, 4) is 5.75 Å². The number of hydrogen-bond donors (Lipinski definition) is 0. The number of methoxy groups -OCH3 is 1. The molecule has 0 bridgehead atoms. The van der Waals surface area contributed by atoms with Gasteiger partial charge in [0, 0.05) is 5.03 Å². The Hall–Kier alpha value is -0.250. The molecule has 98 valence electrons. The van der Waals surface area contributed by atoms with Gasteiger partial charge in [-0.3, -0.25) is 0 Å². The second kappa shape index (κ2) is 6.78. The summed E-state index contributed by atoms with van der Waals surface area (Å²) in [7, 11) is 1.67. The molecule has 1 aliphatic heterocycles. The van der Waals surface area contributed by atoms with E-state index in [9.17, 15) is 0 Å². The molecule has 1 aromatic carbocycles. The standard InChI is InChI=1S/C14H17ClOS2/c1-10(14-17-8-3-9-18-14)13(15)11-4-6-12(16-2)7-5-11/h4-7,14H,3,8-9H2,1-2H3/b13-10-. The SMILES string of the molecule is COc1ccc(/C(Cl)=C(\C)C2SCCCS2)cc1. The first-order valence-electron chi connectivity index (χ1n) is 5.96. The lowest BCUT2D eigenvalue weighted by atomic mass is 10.1. The highest BCUT2D eigenvalue weighted by Crippen LogP contribution is 2.39. The molecular weight excluding hydrogens is 284 g/mol.